The van der Waals surface area contributed by atoms with Crippen molar-refractivity contribution in [2.45, 2.75) is 57.0 Å². The van der Waals surface area contributed by atoms with Gasteiger partial charge >= 0.3 is 12.6 Å². The van der Waals surface area contributed by atoms with Crippen LogP contribution >= 0.6 is 0 Å². The fraction of sp³-hybridized carbons (Fsp3) is 0.417. The number of carbonyl (C=O) groups excluding carboxylic acids is 1. The van der Waals surface area contributed by atoms with Crippen LogP contribution in [0.25, 0.3) is 0 Å². The van der Waals surface area contributed by atoms with E-state index in [1.165, 1.54) is 24.3 Å². The maximum Gasteiger partial charge on any atom is 0.387 e. The van der Waals surface area contributed by atoms with E-state index in [9.17, 15) is 18.4 Å². The molecule has 4 rings (SSSR count). The molecule has 2 aliphatic rings. The summed E-state index contributed by atoms with van der Waals surface area (Å²) in [5, 5.41) is 12.2. The van der Waals surface area contributed by atoms with Crippen LogP contribution in [0.2, 0.25) is 0 Å². The van der Waals surface area contributed by atoms with Crippen LogP contribution in [0.1, 0.15) is 53.6 Å². The zero-order valence-electron chi connectivity index (χ0n) is 17.4. The largest absolute Gasteiger partial charge is 0.478 e. The van der Waals surface area contributed by atoms with Crippen molar-refractivity contribution in [3.05, 3.63) is 65.2 Å². The van der Waals surface area contributed by atoms with Crippen molar-refractivity contribution in [2.24, 2.45) is 5.92 Å². The number of amides is 1. The van der Waals surface area contributed by atoms with Crippen LogP contribution in [0.4, 0.5) is 8.78 Å². The van der Waals surface area contributed by atoms with Gasteiger partial charge in [-0.05, 0) is 67.0 Å². The van der Waals surface area contributed by atoms with Gasteiger partial charge in [0.25, 0.3) is 0 Å². The fourth-order valence-corrected chi connectivity index (χ4v) is 4.02. The Morgan fingerprint density at radius 1 is 1.12 bits per heavy atom. The summed E-state index contributed by atoms with van der Waals surface area (Å²) in [6.45, 7) is -2.80. The molecule has 8 heteroatoms. The van der Waals surface area contributed by atoms with E-state index >= 15 is 0 Å². The molecule has 2 saturated carbocycles. The first kappa shape index (κ1) is 22.2. The van der Waals surface area contributed by atoms with Crippen molar-refractivity contribution in [3.63, 3.8) is 0 Å². The molecule has 6 nitrogen and oxygen atoms in total. The minimum atomic E-state index is -2.90. The zero-order chi connectivity index (χ0) is 22.7. The number of ether oxygens (including phenoxy) is 2. The molecular formula is C24H25F2NO5. The average Bonchev–Trinajstić information content (AvgIpc) is 3.50. The number of halogens is 2. The van der Waals surface area contributed by atoms with Crippen molar-refractivity contribution in [1.29, 1.82) is 0 Å². The van der Waals surface area contributed by atoms with Gasteiger partial charge in [0, 0.05) is 0 Å². The van der Waals surface area contributed by atoms with Gasteiger partial charge in [-0.2, -0.15) is 8.78 Å². The maximum atomic E-state index is 13.2. The van der Waals surface area contributed by atoms with E-state index in [-0.39, 0.29) is 29.7 Å². The van der Waals surface area contributed by atoms with Crippen molar-refractivity contribution in [2.75, 3.05) is 0 Å². The second-order valence-electron chi connectivity index (χ2n) is 8.40. The van der Waals surface area contributed by atoms with Crippen LogP contribution in [0, 0.1) is 5.92 Å². The highest BCUT2D eigenvalue weighted by Gasteiger charge is 2.47. The Balaban J connectivity index is 1.42. The molecule has 170 valence electrons. The lowest BCUT2D eigenvalue weighted by Gasteiger charge is -2.34. The molecule has 2 aromatic carbocycles. The zero-order valence-corrected chi connectivity index (χ0v) is 17.4. The van der Waals surface area contributed by atoms with Gasteiger partial charge in [0.05, 0.1) is 17.7 Å². The van der Waals surface area contributed by atoms with Crippen molar-refractivity contribution in [3.8, 4) is 5.75 Å². The molecule has 0 bridgehead atoms. The van der Waals surface area contributed by atoms with Gasteiger partial charge in [0.2, 0.25) is 5.91 Å². The fourth-order valence-electron chi connectivity index (χ4n) is 4.02. The number of alkyl halides is 2. The third-order valence-corrected chi connectivity index (χ3v) is 6.19. The number of nitrogens with one attached hydrogen (secondary N) is 1. The SMILES string of the molecule is O=C(O)c1ccc(C2(NC(=O)C(OCc3cccc(OC(F)F)c3)C3CCC3)CC2)cc1. The normalized spacial score (nSPS) is 18.0. The number of carboxylic acids is 1. The molecule has 1 amide bonds. The third-order valence-electron chi connectivity index (χ3n) is 6.19. The molecule has 1 atom stereocenters. The Labute approximate surface area is 184 Å². The van der Waals surface area contributed by atoms with Crippen molar-refractivity contribution < 1.29 is 33.0 Å². The summed E-state index contributed by atoms with van der Waals surface area (Å²) in [4.78, 5) is 24.3. The molecule has 0 radical (unpaired) electrons. The van der Waals surface area contributed by atoms with Gasteiger partial charge in [-0.15, -0.1) is 0 Å². The van der Waals surface area contributed by atoms with Crippen molar-refractivity contribution in [1.82, 2.24) is 5.32 Å². The Morgan fingerprint density at radius 3 is 2.41 bits per heavy atom. The summed E-state index contributed by atoms with van der Waals surface area (Å²) in [6.07, 6.45) is 3.74. The average molecular weight is 445 g/mol. The molecule has 0 heterocycles. The smallest absolute Gasteiger partial charge is 0.387 e. The van der Waals surface area contributed by atoms with E-state index in [1.54, 1.807) is 24.3 Å². The quantitative estimate of drug-likeness (QED) is 0.563. The highest BCUT2D eigenvalue weighted by atomic mass is 19.3. The molecule has 1 unspecified atom stereocenters. The standard InChI is InChI=1S/C24H25F2NO5/c25-23(26)32-19-6-1-3-15(13-19)14-31-20(16-4-2-5-16)21(28)27-24(11-12-24)18-9-7-17(8-10-18)22(29)30/h1,3,6-10,13,16,20,23H,2,4-5,11-12,14H2,(H,27,28)(H,29,30). The number of carbonyl (C=O) groups is 2. The lowest BCUT2D eigenvalue weighted by Crippen LogP contribution is -2.47. The van der Waals surface area contributed by atoms with E-state index in [0.29, 0.717) is 5.56 Å². The maximum absolute atomic E-state index is 13.2. The minimum Gasteiger partial charge on any atom is -0.478 e. The Bertz CT molecular complexity index is 971. The Morgan fingerprint density at radius 2 is 1.84 bits per heavy atom. The van der Waals surface area contributed by atoms with Crippen LogP contribution in [0.15, 0.2) is 48.5 Å². The molecule has 0 aromatic heterocycles. The van der Waals surface area contributed by atoms with Crippen LogP contribution in [-0.4, -0.2) is 29.7 Å². The summed E-state index contributed by atoms with van der Waals surface area (Å²) >= 11 is 0. The first-order valence-corrected chi connectivity index (χ1v) is 10.7. The minimum absolute atomic E-state index is 0.0486. The summed E-state index contributed by atoms with van der Waals surface area (Å²) in [5.41, 5.74) is 1.22. The third kappa shape index (κ3) is 5.07. The summed E-state index contributed by atoms with van der Waals surface area (Å²) < 4.78 is 35.3. The Hall–Kier alpha value is -3.00. The molecule has 0 saturated heterocycles. The molecule has 2 aliphatic carbocycles. The van der Waals surface area contributed by atoms with Gasteiger partial charge in [-0.1, -0.05) is 30.7 Å². The van der Waals surface area contributed by atoms with Gasteiger partial charge in [-0.3, -0.25) is 4.79 Å². The molecule has 2 aromatic rings. The summed E-state index contributed by atoms with van der Waals surface area (Å²) in [5.74, 6) is -1.03. The van der Waals surface area contributed by atoms with E-state index in [2.05, 4.69) is 10.1 Å². The predicted octanol–water partition coefficient (Wildman–Crippen LogP) is 4.48. The van der Waals surface area contributed by atoms with Gasteiger partial charge < -0.3 is 19.9 Å². The Kier molecular flexibility index (Phi) is 6.41. The molecular weight excluding hydrogens is 420 g/mol. The van der Waals surface area contributed by atoms with E-state index in [4.69, 9.17) is 9.84 Å². The number of benzene rings is 2. The molecule has 0 aliphatic heterocycles. The van der Waals surface area contributed by atoms with E-state index in [1.807, 2.05) is 0 Å². The van der Waals surface area contributed by atoms with Gasteiger partial charge in [0.15, 0.2) is 0 Å². The second-order valence-corrected chi connectivity index (χ2v) is 8.40. The monoisotopic (exact) mass is 445 g/mol. The number of hydrogen-bond acceptors (Lipinski definition) is 4. The molecule has 2 fully saturated rings. The van der Waals surface area contributed by atoms with E-state index < -0.39 is 24.2 Å². The van der Waals surface area contributed by atoms with Crippen molar-refractivity contribution >= 4 is 11.9 Å². The van der Waals surface area contributed by atoms with Gasteiger partial charge in [0.1, 0.15) is 11.9 Å². The van der Waals surface area contributed by atoms with E-state index in [0.717, 1.165) is 37.7 Å². The second kappa shape index (κ2) is 9.24. The van der Waals surface area contributed by atoms with Crippen LogP contribution < -0.4 is 10.1 Å². The van der Waals surface area contributed by atoms with Crippen LogP contribution in [0.3, 0.4) is 0 Å². The number of rotatable bonds is 10. The molecule has 32 heavy (non-hydrogen) atoms. The number of aromatic carboxylic acids is 1. The number of hydrogen-bond donors (Lipinski definition) is 2. The highest BCUT2D eigenvalue weighted by Crippen LogP contribution is 2.46. The lowest BCUT2D eigenvalue weighted by atomic mass is 9.80. The number of carboxylic acid groups (broad SMARTS) is 1. The van der Waals surface area contributed by atoms with Crippen LogP contribution in [0.5, 0.6) is 5.75 Å². The first-order valence-electron chi connectivity index (χ1n) is 10.7. The lowest BCUT2D eigenvalue weighted by molar-refractivity contribution is -0.141. The molecule has 0 spiro atoms. The highest BCUT2D eigenvalue weighted by molar-refractivity contribution is 5.87. The first-order chi connectivity index (χ1) is 15.4. The predicted molar refractivity (Wildman–Crippen MR) is 111 cm³/mol. The summed E-state index contributed by atoms with van der Waals surface area (Å²) in [6, 6.07) is 12.8. The topological polar surface area (TPSA) is 84.9 Å². The van der Waals surface area contributed by atoms with Crippen LogP contribution in [-0.2, 0) is 21.7 Å². The van der Waals surface area contributed by atoms with Gasteiger partial charge in [-0.25, -0.2) is 4.79 Å². The molecule has 2 N–H and O–H groups in total. The summed E-state index contributed by atoms with van der Waals surface area (Å²) in [7, 11) is 0.